The highest BCUT2D eigenvalue weighted by molar-refractivity contribution is 6.06. The molecule has 20 nitrogen and oxygen atoms in total. The number of carbonyl (C=O) groups is 3. The van der Waals surface area contributed by atoms with Gasteiger partial charge < -0.3 is 77.9 Å². The van der Waals surface area contributed by atoms with Crippen molar-refractivity contribution in [2.45, 2.75) is 40.2 Å². The molecule has 79 heavy (non-hydrogen) atoms. The summed E-state index contributed by atoms with van der Waals surface area (Å²) in [5, 5.41) is 8.97. The number of carbonyl (C=O) groups excluding carboxylic acids is 3. The minimum Gasteiger partial charge on any atom is -0.382 e. The van der Waals surface area contributed by atoms with Gasteiger partial charge in [0, 0.05) is 82.1 Å². The number of ether oxygens (including phenoxy) is 11. The maximum Gasteiger partial charge on any atom is 0.317 e. The van der Waals surface area contributed by atoms with Crippen molar-refractivity contribution in [3.8, 4) is 11.3 Å². The second kappa shape index (κ2) is 42.3. The first-order valence-electron chi connectivity index (χ1n) is 27.6. The van der Waals surface area contributed by atoms with Crippen LogP contribution in [0, 0.1) is 6.92 Å². The fourth-order valence-corrected chi connectivity index (χ4v) is 7.68. The predicted molar refractivity (Wildman–Crippen MR) is 304 cm³/mol. The number of urea groups is 1. The summed E-state index contributed by atoms with van der Waals surface area (Å²) in [6, 6.07) is 24.8. The first-order chi connectivity index (χ1) is 38.7. The molecule has 0 saturated carbocycles. The van der Waals surface area contributed by atoms with Crippen LogP contribution < -0.4 is 20.9 Å². The fourth-order valence-electron chi connectivity index (χ4n) is 7.68. The summed E-state index contributed by atoms with van der Waals surface area (Å²) >= 11 is 0. The van der Waals surface area contributed by atoms with Gasteiger partial charge in [-0.15, -0.1) is 0 Å². The maximum atomic E-state index is 13.8. The Labute approximate surface area is 468 Å². The van der Waals surface area contributed by atoms with E-state index >= 15 is 0 Å². The summed E-state index contributed by atoms with van der Waals surface area (Å²) in [7, 11) is 3.35. The number of likely N-dealkylation sites (N-methyl/N-ethyl adjacent to an activating group) is 1. The highest BCUT2D eigenvalue weighted by Crippen LogP contribution is 2.32. The van der Waals surface area contributed by atoms with Crippen LogP contribution in [0.15, 0.2) is 85.1 Å². The number of benzene rings is 3. The molecule has 0 atom stereocenters. The van der Waals surface area contributed by atoms with Crippen LogP contribution in [0.25, 0.3) is 11.3 Å². The van der Waals surface area contributed by atoms with E-state index in [2.05, 4.69) is 39.7 Å². The van der Waals surface area contributed by atoms with Crippen LogP contribution >= 0.6 is 0 Å². The summed E-state index contributed by atoms with van der Waals surface area (Å²) in [4.78, 5) is 47.8. The zero-order valence-electron chi connectivity index (χ0n) is 47.4. The molecule has 438 valence electrons. The first-order valence-corrected chi connectivity index (χ1v) is 27.6. The van der Waals surface area contributed by atoms with E-state index < -0.39 is 0 Å². The number of aryl methyl sites for hydroxylation is 2. The zero-order valence-corrected chi connectivity index (χ0v) is 47.4. The number of nitrogens with one attached hydrogen (secondary N) is 3. The van der Waals surface area contributed by atoms with Crippen LogP contribution in [0.5, 0.6) is 0 Å². The molecule has 4 rings (SSSR count). The Kier molecular flexibility index (Phi) is 35.3. The van der Waals surface area contributed by atoms with Crippen molar-refractivity contribution >= 4 is 29.2 Å². The topological polar surface area (TPSA) is 208 Å². The van der Waals surface area contributed by atoms with Crippen molar-refractivity contribution in [3.05, 3.63) is 113 Å². The predicted octanol–water partition coefficient (Wildman–Crippen LogP) is 6.47. The molecular weight excluding hydrogens is 1020 g/mol. The van der Waals surface area contributed by atoms with E-state index in [9.17, 15) is 14.4 Å². The Morgan fingerprint density at radius 1 is 0.532 bits per heavy atom. The van der Waals surface area contributed by atoms with Gasteiger partial charge in [-0.3, -0.25) is 14.6 Å². The largest absolute Gasteiger partial charge is 0.382 e. The summed E-state index contributed by atoms with van der Waals surface area (Å²) in [6.45, 7) is 18.9. The van der Waals surface area contributed by atoms with Crippen LogP contribution in [0.2, 0.25) is 0 Å². The standard InChI is InChI=1S/C59H88N6O14/c1-6-65(7-2)53-16-17-55(54(46-53)56-45-52(18-19-60-56)57(66)62-47-50-13-8-11-48(3)43-50)63-58(67)51-15-9-12-49(44-51)14-10-22-70-27-30-74-35-36-75-31-28-71-23-20-61-59(68)64(4)21-24-72-29-32-76-37-38-78-41-42-79-40-39-77-34-33-73-26-25-69-5/h8-9,11-13,15-19,43-46H,6-7,10,14,20-42,47H2,1-5H3,(H,61,68)(H,62,66)(H,63,67). The van der Waals surface area contributed by atoms with Gasteiger partial charge in [-0.1, -0.05) is 42.0 Å². The van der Waals surface area contributed by atoms with Crippen molar-refractivity contribution in [1.82, 2.24) is 20.5 Å². The molecule has 0 aliphatic rings. The monoisotopic (exact) mass is 1100 g/mol. The van der Waals surface area contributed by atoms with E-state index in [0.717, 1.165) is 48.3 Å². The number of rotatable bonds is 46. The maximum absolute atomic E-state index is 13.8. The molecule has 3 aromatic carbocycles. The molecule has 20 heteroatoms. The number of aromatic nitrogens is 1. The molecule has 4 aromatic rings. The number of hydrogen-bond donors (Lipinski definition) is 3. The van der Waals surface area contributed by atoms with E-state index in [1.807, 2.05) is 67.6 Å². The second-order valence-electron chi connectivity index (χ2n) is 18.0. The van der Waals surface area contributed by atoms with Crippen molar-refractivity contribution in [1.29, 1.82) is 0 Å². The first kappa shape index (κ1) is 65.9. The molecule has 0 aliphatic carbocycles. The molecule has 1 heterocycles. The van der Waals surface area contributed by atoms with Gasteiger partial charge in [-0.25, -0.2) is 4.79 Å². The van der Waals surface area contributed by atoms with E-state index in [1.54, 1.807) is 43.5 Å². The molecule has 0 saturated heterocycles. The van der Waals surface area contributed by atoms with Crippen LogP contribution in [0.4, 0.5) is 16.2 Å². The minimum atomic E-state index is -0.244. The summed E-state index contributed by atoms with van der Waals surface area (Å²) < 4.78 is 60.3. The number of hydrogen-bond acceptors (Lipinski definition) is 16. The quantitative estimate of drug-likeness (QED) is 0.0405. The summed E-state index contributed by atoms with van der Waals surface area (Å²) in [5.41, 5.74) is 7.07. The summed E-state index contributed by atoms with van der Waals surface area (Å²) in [5.74, 6) is -0.452. The Morgan fingerprint density at radius 3 is 1.65 bits per heavy atom. The van der Waals surface area contributed by atoms with Crippen LogP contribution in [0.3, 0.4) is 0 Å². The Morgan fingerprint density at radius 2 is 1.06 bits per heavy atom. The lowest BCUT2D eigenvalue weighted by Crippen LogP contribution is -2.40. The van der Waals surface area contributed by atoms with Crippen LogP contribution in [-0.4, -0.2) is 207 Å². The third kappa shape index (κ3) is 28.9. The third-order valence-corrected chi connectivity index (χ3v) is 12.0. The van der Waals surface area contributed by atoms with Gasteiger partial charge in [-0.2, -0.15) is 0 Å². The molecular formula is C59H88N6O14. The number of methoxy groups -OCH3 is 1. The third-order valence-electron chi connectivity index (χ3n) is 12.0. The fraction of sp³-hybridized carbons (Fsp3) is 0.559. The lowest BCUT2D eigenvalue weighted by atomic mass is 10.0. The Bertz CT molecular complexity index is 2270. The smallest absolute Gasteiger partial charge is 0.317 e. The minimum absolute atomic E-state index is 0.203. The number of nitrogens with zero attached hydrogens (tertiary/aromatic N) is 3. The van der Waals surface area contributed by atoms with Crippen LogP contribution in [-0.2, 0) is 65.1 Å². The van der Waals surface area contributed by atoms with Gasteiger partial charge >= 0.3 is 6.03 Å². The average Bonchev–Trinajstić information content (AvgIpc) is 3.50. The number of anilines is 2. The van der Waals surface area contributed by atoms with Gasteiger partial charge in [0.05, 0.1) is 144 Å². The van der Waals surface area contributed by atoms with Crippen molar-refractivity contribution in [2.75, 3.05) is 189 Å². The van der Waals surface area contributed by atoms with Gasteiger partial charge in [0.1, 0.15) is 0 Å². The Balaban J connectivity index is 0.975. The lowest BCUT2D eigenvalue weighted by Gasteiger charge is -2.23. The molecule has 0 fully saturated rings. The second-order valence-corrected chi connectivity index (χ2v) is 18.0. The van der Waals surface area contributed by atoms with E-state index in [1.165, 1.54) is 0 Å². The molecule has 0 aliphatic heterocycles. The van der Waals surface area contributed by atoms with Gasteiger partial charge in [-0.05, 0) is 87.2 Å². The Hall–Kier alpha value is -5.62. The van der Waals surface area contributed by atoms with Gasteiger partial charge in [0.25, 0.3) is 11.8 Å². The van der Waals surface area contributed by atoms with Crippen molar-refractivity contribution < 1.29 is 66.5 Å². The highest BCUT2D eigenvalue weighted by atomic mass is 16.6. The molecule has 0 bridgehead atoms. The normalized spacial score (nSPS) is 11.2. The van der Waals surface area contributed by atoms with Gasteiger partial charge in [0.2, 0.25) is 0 Å². The number of amides is 4. The SMILES string of the molecule is CCN(CC)c1ccc(NC(=O)c2cccc(CCCOCCOCCOCCOCCNC(=O)N(C)CCOCCOCCOCCOCCOCCOCCOC)c2)c(-c2cc(C(=O)NCc3cccc(C)c3)ccn2)c1. The van der Waals surface area contributed by atoms with E-state index in [0.29, 0.717) is 186 Å². The zero-order chi connectivity index (χ0) is 56.4. The molecule has 0 spiro atoms. The van der Waals surface area contributed by atoms with Crippen LogP contribution in [0.1, 0.15) is 57.7 Å². The highest BCUT2D eigenvalue weighted by Gasteiger charge is 2.17. The van der Waals surface area contributed by atoms with Crippen molar-refractivity contribution in [3.63, 3.8) is 0 Å². The molecule has 0 radical (unpaired) electrons. The molecule has 1 aromatic heterocycles. The van der Waals surface area contributed by atoms with Crippen molar-refractivity contribution in [2.24, 2.45) is 0 Å². The molecule has 3 N–H and O–H groups in total. The number of pyridine rings is 1. The summed E-state index contributed by atoms with van der Waals surface area (Å²) in [6.07, 6.45) is 3.14. The lowest BCUT2D eigenvalue weighted by molar-refractivity contribution is -0.0193. The molecule has 4 amide bonds. The molecule has 0 unspecified atom stereocenters. The van der Waals surface area contributed by atoms with E-state index in [4.69, 9.17) is 52.1 Å². The van der Waals surface area contributed by atoms with E-state index in [-0.39, 0.29) is 17.8 Å². The average molecular weight is 1110 g/mol. The van der Waals surface area contributed by atoms with Gasteiger partial charge in [0.15, 0.2) is 0 Å².